The number of carbonyl (C=O) groups is 2. The third-order valence-electron chi connectivity index (χ3n) is 4.42. The van der Waals surface area contributed by atoms with Crippen molar-refractivity contribution in [2.45, 2.75) is 25.3 Å². The van der Waals surface area contributed by atoms with Crippen molar-refractivity contribution in [3.63, 3.8) is 0 Å². The molecule has 1 atom stereocenters. The van der Waals surface area contributed by atoms with E-state index in [1.165, 1.54) is 12.8 Å². The van der Waals surface area contributed by atoms with E-state index in [1.54, 1.807) is 6.20 Å². The van der Waals surface area contributed by atoms with Gasteiger partial charge < -0.3 is 21.3 Å². The second kappa shape index (κ2) is 8.85. The first kappa shape index (κ1) is 19.2. The molecule has 3 rings (SSSR count). The van der Waals surface area contributed by atoms with Crippen molar-refractivity contribution in [1.29, 1.82) is 0 Å². The molecule has 2 heterocycles. The monoisotopic (exact) mass is 431 g/mol. The van der Waals surface area contributed by atoms with E-state index in [0.717, 1.165) is 28.9 Å². The van der Waals surface area contributed by atoms with Gasteiger partial charge in [0.15, 0.2) is 0 Å². The average molecular weight is 432 g/mol. The summed E-state index contributed by atoms with van der Waals surface area (Å²) in [5.41, 5.74) is 6.68. The lowest BCUT2D eigenvalue weighted by Crippen LogP contribution is -2.35. The van der Waals surface area contributed by atoms with Gasteiger partial charge in [0.1, 0.15) is 5.82 Å². The smallest absolute Gasteiger partial charge is 0.312 e. The van der Waals surface area contributed by atoms with Gasteiger partial charge in [0, 0.05) is 17.6 Å². The van der Waals surface area contributed by atoms with Crippen LogP contribution in [0.15, 0.2) is 47.1 Å². The number of anilines is 2. The van der Waals surface area contributed by atoms with E-state index in [9.17, 15) is 9.59 Å². The molecule has 0 unspecified atom stereocenters. The molecule has 1 aliphatic heterocycles. The zero-order valence-corrected chi connectivity index (χ0v) is 16.4. The summed E-state index contributed by atoms with van der Waals surface area (Å²) in [4.78, 5) is 30.4. The number of primary amides is 1. The van der Waals surface area contributed by atoms with E-state index < -0.39 is 12.1 Å². The first-order valence-corrected chi connectivity index (χ1v) is 9.63. The summed E-state index contributed by atoms with van der Waals surface area (Å²) < 4.78 is 0.860. The Morgan fingerprint density at radius 3 is 2.63 bits per heavy atom. The predicted molar refractivity (Wildman–Crippen MR) is 109 cm³/mol. The molecule has 4 N–H and O–H groups in total. The third kappa shape index (κ3) is 5.43. The maximum Gasteiger partial charge on any atom is 0.312 e. The molecule has 3 amide bonds. The Morgan fingerprint density at radius 2 is 2.00 bits per heavy atom. The second-order valence-corrected chi connectivity index (χ2v) is 7.38. The van der Waals surface area contributed by atoms with Crippen molar-refractivity contribution in [2.24, 2.45) is 5.73 Å². The highest BCUT2D eigenvalue weighted by Crippen LogP contribution is 2.22. The minimum absolute atomic E-state index is 0.0628. The van der Waals surface area contributed by atoms with Gasteiger partial charge in [-0.25, -0.2) is 9.78 Å². The summed E-state index contributed by atoms with van der Waals surface area (Å²) in [5, 5.41) is 5.45. The number of hydrogen-bond acceptors (Lipinski definition) is 4. The molecule has 0 bridgehead atoms. The molecule has 1 fully saturated rings. The van der Waals surface area contributed by atoms with Crippen LogP contribution in [-0.4, -0.2) is 30.0 Å². The van der Waals surface area contributed by atoms with E-state index in [4.69, 9.17) is 5.73 Å². The van der Waals surface area contributed by atoms with Crippen molar-refractivity contribution in [2.75, 3.05) is 23.3 Å². The maximum atomic E-state index is 12.5. The van der Waals surface area contributed by atoms with Crippen LogP contribution in [-0.2, 0) is 4.79 Å². The van der Waals surface area contributed by atoms with Crippen LogP contribution in [0.5, 0.6) is 0 Å². The molecule has 1 aromatic heterocycles. The molecular weight excluding hydrogens is 410 g/mol. The molecule has 8 heteroatoms. The van der Waals surface area contributed by atoms with Crippen molar-refractivity contribution < 1.29 is 9.59 Å². The van der Waals surface area contributed by atoms with E-state index in [-0.39, 0.29) is 12.3 Å². The Labute approximate surface area is 166 Å². The van der Waals surface area contributed by atoms with Crippen molar-refractivity contribution in [3.05, 3.63) is 52.6 Å². The summed E-state index contributed by atoms with van der Waals surface area (Å²) in [6.07, 6.45) is 4.09. The molecule has 1 aliphatic rings. The lowest BCUT2D eigenvalue weighted by molar-refractivity contribution is -0.116. The van der Waals surface area contributed by atoms with Gasteiger partial charge in [-0.1, -0.05) is 28.1 Å². The van der Waals surface area contributed by atoms with E-state index in [1.807, 2.05) is 36.4 Å². The number of hydrogen-bond donors (Lipinski definition) is 3. The van der Waals surface area contributed by atoms with Gasteiger partial charge in [-0.3, -0.25) is 4.79 Å². The lowest BCUT2D eigenvalue weighted by atomic mass is 10.0. The van der Waals surface area contributed by atoms with Gasteiger partial charge in [-0.05, 0) is 42.7 Å². The number of aromatic nitrogens is 1. The number of nitrogens with zero attached hydrogens (tertiary/aromatic N) is 2. The standard InChI is InChI=1S/C19H22BrN5O2/c20-14-5-3-4-13(10-14)16(24-19(21)27)11-18(26)23-15-6-7-17(22-12-15)25-8-1-2-9-25/h3-7,10,12,16H,1-2,8-9,11H2,(H,23,26)(H3,21,24,27)/t16-/m0/s1. The van der Waals surface area contributed by atoms with E-state index in [0.29, 0.717) is 5.69 Å². The van der Waals surface area contributed by atoms with E-state index in [2.05, 4.69) is 36.4 Å². The Bertz CT molecular complexity index is 806. The van der Waals surface area contributed by atoms with Crippen LogP contribution >= 0.6 is 15.9 Å². The summed E-state index contributed by atoms with van der Waals surface area (Å²) in [5.74, 6) is 0.692. The zero-order chi connectivity index (χ0) is 19.2. The first-order valence-electron chi connectivity index (χ1n) is 8.83. The molecule has 27 heavy (non-hydrogen) atoms. The lowest BCUT2D eigenvalue weighted by Gasteiger charge is -2.19. The zero-order valence-electron chi connectivity index (χ0n) is 14.8. The van der Waals surface area contributed by atoms with Crippen molar-refractivity contribution in [3.8, 4) is 0 Å². The predicted octanol–water partition coefficient (Wildman–Crippen LogP) is 3.18. The van der Waals surface area contributed by atoms with Crippen LogP contribution < -0.4 is 21.3 Å². The summed E-state index contributed by atoms with van der Waals surface area (Å²) >= 11 is 3.39. The summed E-state index contributed by atoms with van der Waals surface area (Å²) in [6.45, 7) is 2.04. The quantitative estimate of drug-likeness (QED) is 0.653. The maximum absolute atomic E-state index is 12.5. The normalized spacial score (nSPS) is 14.6. The molecule has 142 valence electrons. The van der Waals surface area contributed by atoms with Gasteiger partial charge in [0.25, 0.3) is 0 Å². The molecule has 0 spiro atoms. The first-order chi connectivity index (χ1) is 13.0. The number of halogens is 1. The molecule has 0 aliphatic carbocycles. The highest BCUT2D eigenvalue weighted by Gasteiger charge is 2.18. The Morgan fingerprint density at radius 1 is 1.22 bits per heavy atom. The van der Waals surface area contributed by atoms with Gasteiger partial charge in [0.2, 0.25) is 5.91 Å². The van der Waals surface area contributed by atoms with Crippen LogP contribution in [0.4, 0.5) is 16.3 Å². The molecule has 1 saturated heterocycles. The summed E-state index contributed by atoms with van der Waals surface area (Å²) in [6, 6.07) is 9.96. The SMILES string of the molecule is NC(=O)N[C@@H](CC(=O)Nc1ccc(N2CCCC2)nc1)c1cccc(Br)c1. The van der Waals surface area contributed by atoms with Crippen molar-refractivity contribution >= 4 is 39.4 Å². The Balaban J connectivity index is 1.64. The van der Waals surface area contributed by atoms with Crippen LogP contribution in [0, 0.1) is 0 Å². The van der Waals surface area contributed by atoms with Crippen LogP contribution in [0.1, 0.15) is 30.9 Å². The molecule has 0 saturated carbocycles. The molecule has 0 radical (unpaired) electrons. The van der Waals surface area contributed by atoms with Crippen LogP contribution in [0.3, 0.4) is 0 Å². The minimum Gasteiger partial charge on any atom is -0.357 e. The number of rotatable bonds is 6. The molecule has 7 nitrogen and oxygen atoms in total. The van der Waals surface area contributed by atoms with Gasteiger partial charge in [-0.15, -0.1) is 0 Å². The van der Waals surface area contributed by atoms with Gasteiger partial charge in [0.05, 0.1) is 24.3 Å². The number of pyridine rings is 1. The number of nitrogens with two attached hydrogens (primary N) is 1. The van der Waals surface area contributed by atoms with Crippen molar-refractivity contribution in [1.82, 2.24) is 10.3 Å². The number of benzene rings is 1. The fourth-order valence-electron chi connectivity index (χ4n) is 3.14. The number of amides is 3. The highest BCUT2D eigenvalue weighted by atomic mass is 79.9. The van der Waals surface area contributed by atoms with Gasteiger partial charge in [-0.2, -0.15) is 0 Å². The number of carbonyl (C=O) groups excluding carboxylic acids is 2. The topological polar surface area (TPSA) is 100 Å². The van der Waals surface area contributed by atoms with Crippen LogP contribution in [0.25, 0.3) is 0 Å². The average Bonchev–Trinajstić information content (AvgIpc) is 3.16. The number of nitrogens with one attached hydrogen (secondary N) is 2. The Hall–Kier alpha value is -2.61. The highest BCUT2D eigenvalue weighted by molar-refractivity contribution is 9.10. The summed E-state index contributed by atoms with van der Waals surface area (Å²) in [7, 11) is 0. The Kier molecular flexibility index (Phi) is 6.28. The molecular formula is C19H22BrN5O2. The van der Waals surface area contributed by atoms with E-state index >= 15 is 0 Å². The largest absolute Gasteiger partial charge is 0.357 e. The molecule has 1 aromatic carbocycles. The second-order valence-electron chi connectivity index (χ2n) is 6.47. The minimum atomic E-state index is -0.676. The fourth-order valence-corrected chi connectivity index (χ4v) is 3.55. The number of urea groups is 1. The third-order valence-corrected chi connectivity index (χ3v) is 4.91. The van der Waals surface area contributed by atoms with Crippen LogP contribution in [0.2, 0.25) is 0 Å². The fraction of sp³-hybridized carbons (Fsp3) is 0.316. The molecule has 2 aromatic rings. The van der Waals surface area contributed by atoms with Gasteiger partial charge >= 0.3 is 6.03 Å².